The number of nitro groups is 1. The number of carbonyl (C=O) groups is 2. The second-order valence-corrected chi connectivity index (χ2v) is 10.4. The molecule has 36 heavy (non-hydrogen) atoms. The summed E-state index contributed by atoms with van der Waals surface area (Å²) < 4.78 is 34.7. The third kappa shape index (κ3) is 12.2. The molecule has 0 radical (unpaired) electrons. The molecule has 0 aromatic heterocycles. The van der Waals surface area contributed by atoms with Crippen molar-refractivity contribution in [3.63, 3.8) is 0 Å². The molecule has 0 spiro atoms. The molecular weight excluding hydrogens is 498 g/mol. The van der Waals surface area contributed by atoms with Gasteiger partial charge in [-0.2, -0.15) is 12.7 Å². The van der Waals surface area contributed by atoms with Crippen LogP contribution in [-0.4, -0.2) is 68.0 Å². The Balaban J connectivity index is 2.75. The Bertz CT molecular complexity index is 1040. The third-order valence-corrected chi connectivity index (χ3v) is 5.51. The van der Waals surface area contributed by atoms with Crippen LogP contribution in [0.3, 0.4) is 0 Å². The van der Waals surface area contributed by atoms with Gasteiger partial charge in [0.15, 0.2) is 5.03 Å². The Labute approximate surface area is 209 Å². The largest absolute Gasteiger partial charge is 0.444 e. The Hall–Kier alpha value is -3.66. The molecule has 0 saturated heterocycles. The quantitative estimate of drug-likeness (QED) is 0.0950. The molecule has 0 fully saturated rings. The minimum atomic E-state index is -3.89. The van der Waals surface area contributed by atoms with Crippen molar-refractivity contribution in [2.75, 3.05) is 20.6 Å². The maximum absolute atomic E-state index is 12.8. The highest BCUT2D eigenvalue weighted by atomic mass is 32.2. The highest BCUT2D eigenvalue weighted by molar-refractivity contribution is 7.84. The van der Waals surface area contributed by atoms with E-state index in [2.05, 4.69) is 21.1 Å². The number of benzene rings is 1. The first kappa shape index (κ1) is 30.4. The first-order valence-corrected chi connectivity index (χ1v) is 12.2. The fraction of sp³-hybridized carbons (Fsp3) is 0.550. The Morgan fingerprint density at radius 1 is 1.19 bits per heavy atom. The zero-order valence-electron chi connectivity index (χ0n) is 20.8. The van der Waals surface area contributed by atoms with E-state index >= 15 is 0 Å². The highest BCUT2D eigenvalue weighted by Gasteiger charge is 2.24. The summed E-state index contributed by atoms with van der Waals surface area (Å²) >= 11 is 0. The van der Waals surface area contributed by atoms with Crippen molar-refractivity contribution in [1.29, 1.82) is 0 Å². The summed E-state index contributed by atoms with van der Waals surface area (Å²) in [4.78, 5) is 35.3. The van der Waals surface area contributed by atoms with E-state index in [-0.39, 0.29) is 31.2 Å². The molecule has 1 aromatic rings. The Morgan fingerprint density at radius 3 is 2.33 bits per heavy atom. The molecule has 2 amide bonds. The molecule has 16 heteroatoms. The molecular formula is C20H33N7O8S. The smallest absolute Gasteiger partial charge is 0.408 e. The predicted octanol–water partition coefficient (Wildman–Crippen LogP) is 0.258. The molecule has 0 saturated carbocycles. The van der Waals surface area contributed by atoms with Crippen LogP contribution in [0.1, 0.15) is 39.2 Å². The van der Waals surface area contributed by atoms with Crippen molar-refractivity contribution < 1.29 is 32.0 Å². The van der Waals surface area contributed by atoms with Crippen LogP contribution in [0.15, 0.2) is 29.4 Å². The van der Waals surface area contributed by atoms with Crippen LogP contribution < -0.4 is 25.9 Å². The summed E-state index contributed by atoms with van der Waals surface area (Å²) in [7, 11) is -1.21. The maximum Gasteiger partial charge on any atom is 0.408 e. The van der Waals surface area contributed by atoms with Gasteiger partial charge in [-0.15, -0.1) is 0 Å². The lowest BCUT2D eigenvalue weighted by molar-refractivity contribution is -0.485. The Kier molecular flexibility index (Phi) is 11.3. The van der Waals surface area contributed by atoms with E-state index in [0.29, 0.717) is 12.0 Å². The standard InChI is InChI=1S/C20H33N7O8S/c1-20(2,3)34-19(29)24-16(7-6-12-22-18(21)25-27(30)31)17(28)23-13-14-8-10-15(11-9-14)35-36(32,33)26(4)5/h8-11,16H,6-7,12-13H2,1-5H3,(H,23,28)(H,24,29)(H3,21,22,25)/t16-/m1/s1. The summed E-state index contributed by atoms with van der Waals surface area (Å²) in [5, 5.41) is 20.0. The highest BCUT2D eigenvalue weighted by Crippen LogP contribution is 2.15. The minimum Gasteiger partial charge on any atom is -0.444 e. The molecule has 0 bridgehead atoms. The van der Waals surface area contributed by atoms with Crippen LogP contribution in [0, 0.1) is 10.1 Å². The summed E-state index contributed by atoms with van der Waals surface area (Å²) in [6.45, 7) is 5.30. The number of nitrogens with zero attached hydrogens (tertiary/aromatic N) is 3. The predicted molar refractivity (Wildman–Crippen MR) is 131 cm³/mol. The zero-order chi connectivity index (χ0) is 27.5. The summed E-state index contributed by atoms with van der Waals surface area (Å²) in [5.74, 6) is -0.772. The number of amides is 2. The van der Waals surface area contributed by atoms with Gasteiger partial charge in [0.1, 0.15) is 22.5 Å². The molecule has 1 rings (SSSR count). The van der Waals surface area contributed by atoms with E-state index in [0.717, 1.165) is 4.31 Å². The molecule has 0 unspecified atom stereocenters. The van der Waals surface area contributed by atoms with Crippen LogP contribution >= 0.6 is 0 Å². The van der Waals surface area contributed by atoms with E-state index in [1.807, 2.05) is 0 Å². The van der Waals surface area contributed by atoms with Gasteiger partial charge >= 0.3 is 16.4 Å². The zero-order valence-corrected chi connectivity index (χ0v) is 21.6. The van der Waals surface area contributed by atoms with Crippen LogP contribution in [0.25, 0.3) is 0 Å². The number of guanidine groups is 1. The Morgan fingerprint density at radius 2 is 1.81 bits per heavy atom. The summed E-state index contributed by atoms with van der Waals surface area (Å²) in [6, 6.07) is 5.09. The van der Waals surface area contributed by atoms with E-state index in [4.69, 9.17) is 14.7 Å². The van der Waals surface area contributed by atoms with Crippen molar-refractivity contribution in [2.24, 2.45) is 10.8 Å². The second-order valence-electron chi connectivity index (χ2n) is 8.68. The van der Waals surface area contributed by atoms with E-state index in [9.17, 15) is 28.1 Å². The van der Waals surface area contributed by atoms with Crippen molar-refractivity contribution in [3.8, 4) is 5.75 Å². The van der Waals surface area contributed by atoms with Crippen molar-refractivity contribution >= 4 is 28.3 Å². The van der Waals surface area contributed by atoms with Crippen LogP contribution in [0.5, 0.6) is 5.75 Å². The topological polar surface area (TPSA) is 208 Å². The van der Waals surface area contributed by atoms with Gasteiger partial charge in [-0.3, -0.25) is 4.79 Å². The monoisotopic (exact) mass is 531 g/mol. The summed E-state index contributed by atoms with van der Waals surface area (Å²) in [5.41, 5.74) is 5.23. The number of hydrazone groups is 1. The molecule has 15 nitrogen and oxygen atoms in total. The molecule has 0 aliphatic rings. The van der Waals surface area contributed by atoms with Gasteiger partial charge in [-0.1, -0.05) is 12.1 Å². The van der Waals surface area contributed by atoms with Crippen LogP contribution in [0.2, 0.25) is 0 Å². The molecule has 0 heterocycles. The SMILES string of the molecule is CN(C)S(=O)(=O)Oc1ccc(CNC(=O)[C@@H](CCCN/C(N)=N\[N+](=O)[O-])NC(=O)OC(C)(C)C)cc1. The molecule has 202 valence electrons. The average molecular weight is 532 g/mol. The van der Waals surface area contributed by atoms with Gasteiger partial charge in [-0.25, -0.2) is 14.9 Å². The van der Waals surface area contributed by atoms with Gasteiger partial charge in [-0.05, 0) is 51.3 Å². The van der Waals surface area contributed by atoms with Crippen molar-refractivity contribution in [3.05, 3.63) is 39.9 Å². The van der Waals surface area contributed by atoms with Crippen molar-refractivity contribution in [1.82, 2.24) is 20.3 Å². The lowest BCUT2D eigenvalue weighted by Crippen LogP contribution is -2.48. The summed E-state index contributed by atoms with van der Waals surface area (Å²) in [6.07, 6.45) is -0.304. The third-order valence-electron chi connectivity index (χ3n) is 4.21. The molecule has 0 aliphatic heterocycles. The van der Waals surface area contributed by atoms with E-state index in [1.165, 1.54) is 26.2 Å². The average Bonchev–Trinajstić information content (AvgIpc) is 2.73. The molecule has 5 N–H and O–H groups in total. The van der Waals surface area contributed by atoms with Gasteiger partial charge in [0.05, 0.1) is 0 Å². The van der Waals surface area contributed by atoms with Gasteiger partial charge in [0.2, 0.25) is 5.91 Å². The van der Waals surface area contributed by atoms with Gasteiger partial charge in [0, 0.05) is 27.2 Å². The van der Waals surface area contributed by atoms with Crippen molar-refractivity contribution in [2.45, 2.75) is 51.8 Å². The van der Waals surface area contributed by atoms with Crippen LogP contribution in [-0.2, 0) is 26.4 Å². The number of nitrogens with two attached hydrogens (primary N) is 1. The molecule has 0 aliphatic carbocycles. The minimum absolute atomic E-state index is 0.0900. The lowest BCUT2D eigenvalue weighted by atomic mass is 10.1. The van der Waals surface area contributed by atoms with E-state index < -0.39 is 39.0 Å². The molecule has 1 aromatic carbocycles. The van der Waals surface area contributed by atoms with E-state index in [1.54, 1.807) is 32.9 Å². The van der Waals surface area contributed by atoms with Gasteiger partial charge in [0.25, 0.3) is 5.96 Å². The number of nitrogens with one attached hydrogen (secondary N) is 3. The molecule has 1 atom stereocenters. The number of hydrogen-bond acceptors (Lipinski definition) is 8. The second kappa shape index (κ2) is 13.4. The number of rotatable bonds is 12. The fourth-order valence-electron chi connectivity index (χ4n) is 2.54. The first-order valence-electron chi connectivity index (χ1n) is 10.8. The fourth-order valence-corrected chi connectivity index (χ4v) is 3.04. The number of ether oxygens (including phenoxy) is 1. The maximum atomic E-state index is 12.8. The van der Waals surface area contributed by atoms with Gasteiger partial charge < -0.3 is 30.6 Å². The number of carbonyl (C=O) groups excluding carboxylic acids is 2. The first-order chi connectivity index (χ1) is 16.6. The lowest BCUT2D eigenvalue weighted by Gasteiger charge is -2.23. The van der Waals surface area contributed by atoms with Crippen LogP contribution in [0.4, 0.5) is 4.79 Å². The number of alkyl carbamates (subject to hydrolysis) is 1. The number of hydrogen-bond donors (Lipinski definition) is 4. The normalized spacial score (nSPS) is 13.0.